The van der Waals surface area contributed by atoms with Gasteiger partial charge < -0.3 is 18.8 Å². The lowest BCUT2D eigenvalue weighted by Crippen LogP contribution is -2.32. The van der Waals surface area contributed by atoms with Gasteiger partial charge in [0, 0.05) is 41.3 Å². The van der Waals surface area contributed by atoms with Crippen LogP contribution in [0.25, 0.3) is 21.6 Å². The monoisotopic (exact) mass is 553 g/mol. The van der Waals surface area contributed by atoms with Gasteiger partial charge in [0.05, 0.1) is 11.1 Å². The smallest absolute Gasteiger partial charge is 0.338 e. The zero-order chi connectivity index (χ0) is 27.6. The standard InChI is InChI=1S/C31H27N3O5S/c1-19-3-7-21(8-4-19)30(35)37-18-26-25(39-31(36)22-9-5-20(2)6-10-22)17-27(38-26)34-15-12-23-24(11-13-32-28(23)34)29-33-14-16-40-29/h3-16,25-27H,17-18H2,1-2H3/t25-,26+,27+/m0/s1. The number of hydrogen-bond acceptors (Lipinski definition) is 8. The number of aromatic nitrogens is 3. The fourth-order valence-electron chi connectivity index (χ4n) is 4.80. The van der Waals surface area contributed by atoms with Crippen LogP contribution >= 0.6 is 11.3 Å². The predicted molar refractivity (Wildman–Crippen MR) is 151 cm³/mol. The third-order valence-electron chi connectivity index (χ3n) is 6.98. The maximum atomic E-state index is 13.0. The second kappa shape index (κ2) is 11.0. The Balaban J connectivity index is 1.25. The lowest BCUT2D eigenvalue weighted by Gasteiger charge is -2.19. The number of thiazole rings is 1. The molecule has 0 amide bonds. The Morgan fingerprint density at radius 2 is 1.62 bits per heavy atom. The van der Waals surface area contributed by atoms with Gasteiger partial charge in [-0.2, -0.15) is 0 Å². The molecule has 3 atom stereocenters. The maximum Gasteiger partial charge on any atom is 0.338 e. The number of fused-ring (bicyclic) bond motifs is 1. The van der Waals surface area contributed by atoms with E-state index in [1.807, 2.05) is 66.4 Å². The van der Waals surface area contributed by atoms with E-state index in [1.54, 1.807) is 48.0 Å². The zero-order valence-corrected chi connectivity index (χ0v) is 22.8. The summed E-state index contributed by atoms with van der Waals surface area (Å²) in [6, 6.07) is 18.3. The minimum absolute atomic E-state index is 0.0634. The van der Waals surface area contributed by atoms with Gasteiger partial charge in [0.25, 0.3) is 0 Å². The van der Waals surface area contributed by atoms with Crippen molar-refractivity contribution < 1.29 is 23.8 Å². The highest BCUT2D eigenvalue weighted by molar-refractivity contribution is 7.13. The van der Waals surface area contributed by atoms with Crippen molar-refractivity contribution in [3.8, 4) is 10.6 Å². The number of benzene rings is 2. The number of rotatable bonds is 7. The van der Waals surface area contributed by atoms with Crippen molar-refractivity contribution in [1.29, 1.82) is 0 Å². The van der Waals surface area contributed by atoms with Crippen LogP contribution in [0.4, 0.5) is 0 Å². The average Bonchev–Trinajstić information content (AvgIpc) is 3.72. The van der Waals surface area contributed by atoms with Gasteiger partial charge in [0.2, 0.25) is 0 Å². The first-order chi connectivity index (χ1) is 19.5. The molecule has 9 heteroatoms. The number of carbonyl (C=O) groups excluding carboxylic acids is 2. The molecule has 0 unspecified atom stereocenters. The fraction of sp³-hybridized carbons (Fsp3) is 0.226. The van der Waals surface area contributed by atoms with E-state index in [4.69, 9.17) is 14.2 Å². The Bertz CT molecular complexity index is 1650. The van der Waals surface area contributed by atoms with Gasteiger partial charge in [-0.3, -0.25) is 0 Å². The number of hydrogen-bond donors (Lipinski definition) is 0. The molecule has 0 aliphatic carbocycles. The Morgan fingerprint density at radius 3 is 2.30 bits per heavy atom. The van der Waals surface area contributed by atoms with Crippen molar-refractivity contribution in [2.45, 2.75) is 38.7 Å². The van der Waals surface area contributed by atoms with Crippen LogP contribution in [0.1, 0.15) is 44.5 Å². The number of carbonyl (C=O) groups is 2. The van der Waals surface area contributed by atoms with Gasteiger partial charge in [-0.25, -0.2) is 19.6 Å². The molecule has 2 aromatic carbocycles. The number of aryl methyl sites for hydroxylation is 2. The van der Waals surface area contributed by atoms with Gasteiger partial charge in [-0.1, -0.05) is 35.4 Å². The molecule has 4 heterocycles. The summed E-state index contributed by atoms with van der Waals surface area (Å²) in [6.07, 6.45) is 4.04. The number of ether oxygens (including phenoxy) is 3. The van der Waals surface area contributed by atoms with E-state index in [0.29, 0.717) is 17.5 Å². The SMILES string of the molecule is Cc1ccc(C(=O)OC[C@H]2O[C@@H](n3ccc4c(-c5nccs5)ccnc43)C[C@@H]2OC(=O)c2ccc(C)cc2)cc1. The van der Waals surface area contributed by atoms with E-state index in [-0.39, 0.29) is 6.61 Å². The van der Waals surface area contributed by atoms with Gasteiger partial charge in [0.1, 0.15) is 35.7 Å². The molecule has 40 heavy (non-hydrogen) atoms. The van der Waals surface area contributed by atoms with E-state index >= 15 is 0 Å². The number of pyridine rings is 1. The van der Waals surface area contributed by atoms with Crippen LogP contribution in [0.15, 0.2) is 84.6 Å². The predicted octanol–water partition coefficient (Wildman–Crippen LogP) is 6.15. The van der Waals surface area contributed by atoms with E-state index in [1.165, 1.54) is 0 Å². The number of esters is 2. The van der Waals surface area contributed by atoms with Crippen LogP contribution < -0.4 is 0 Å². The van der Waals surface area contributed by atoms with Gasteiger partial charge >= 0.3 is 11.9 Å². The van der Waals surface area contributed by atoms with Crippen LogP contribution in [-0.4, -0.2) is 45.3 Å². The summed E-state index contributed by atoms with van der Waals surface area (Å²) in [7, 11) is 0. The van der Waals surface area contributed by atoms with E-state index < -0.39 is 30.4 Å². The van der Waals surface area contributed by atoms with Crippen molar-refractivity contribution in [2.24, 2.45) is 0 Å². The molecule has 1 saturated heterocycles. The summed E-state index contributed by atoms with van der Waals surface area (Å²) in [5.74, 6) is -0.914. The quantitative estimate of drug-likeness (QED) is 0.223. The molecule has 5 aromatic rings. The Morgan fingerprint density at radius 1 is 0.925 bits per heavy atom. The van der Waals surface area contributed by atoms with E-state index in [0.717, 1.165) is 32.7 Å². The molecule has 3 aromatic heterocycles. The minimum Gasteiger partial charge on any atom is -0.459 e. The molecular weight excluding hydrogens is 526 g/mol. The molecule has 1 aliphatic rings. The van der Waals surface area contributed by atoms with Crippen LogP contribution in [0.5, 0.6) is 0 Å². The maximum absolute atomic E-state index is 13.0. The molecule has 0 bridgehead atoms. The first-order valence-corrected chi connectivity index (χ1v) is 13.9. The van der Waals surface area contributed by atoms with Gasteiger partial charge in [-0.15, -0.1) is 11.3 Å². The zero-order valence-electron chi connectivity index (χ0n) is 22.0. The molecule has 0 N–H and O–H groups in total. The summed E-state index contributed by atoms with van der Waals surface area (Å²) in [6.45, 7) is 3.85. The molecule has 1 aliphatic heterocycles. The molecule has 8 nitrogen and oxygen atoms in total. The minimum atomic E-state index is -0.659. The molecular formula is C31H27N3O5S. The Hall–Kier alpha value is -4.34. The Labute approximate surface area is 235 Å². The number of nitrogens with zero attached hydrogens (tertiary/aromatic N) is 3. The largest absolute Gasteiger partial charge is 0.459 e. The van der Waals surface area contributed by atoms with Crippen molar-refractivity contribution in [2.75, 3.05) is 6.61 Å². The van der Waals surface area contributed by atoms with Gasteiger partial charge in [0.15, 0.2) is 0 Å². The van der Waals surface area contributed by atoms with Crippen LogP contribution in [0.3, 0.4) is 0 Å². The van der Waals surface area contributed by atoms with Crippen LogP contribution in [0, 0.1) is 13.8 Å². The highest BCUT2D eigenvalue weighted by atomic mass is 32.1. The third-order valence-corrected chi connectivity index (χ3v) is 7.79. The average molecular weight is 554 g/mol. The fourth-order valence-corrected chi connectivity index (χ4v) is 5.48. The van der Waals surface area contributed by atoms with Crippen LogP contribution in [-0.2, 0) is 14.2 Å². The summed E-state index contributed by atoms with van der Waals surface area (Å²) >= 11 is 1.56. The topological polar surface area (TPSA) is 92.5 Å². The van der Waals surface area contributed by atoms with Crippen LogP contribution in [0.2, 0.25) is 0 Å². The van der Waals surface area contributed by atoms with E-state index in [9.17, 15) is 9.59 Å². The second-order valence-electron chi connectivity index (χ2n) is 9.80. The highest BCUT2D eigenvalue weighted by Crippen LogP contribution is 2.36. The van der Waals surface area contributed by atoms with Crippen molar-refractivity contribution >= 4 is 34.3 Å². The first-order valence-electron chi connectivity index (χ1n) is 13.0. The summed E-state index contributed by atoms with van der Waals surface area (Å²) in [4.78, 5) is 34.8. The lowest BCUT2D eigenvalue weighted by molar-refractivity contribution is -0.0562. The second-order valence-corrected chi connectivity index (χ2v) is 10.7. The summed E-state index contributed by atoms with van der Waals surface area (Å²) in [5, 5.41) is 3.79. The molecule has 0 saturated carbocycles. The van der Waals surface area contributed by atoms with E-state index in [2.05, 4.69) is 9.97 Å². The molecule has 1 fully saturated rings. The first kappa shape index (κ1) is 25.9. The van der Waals surface area contributed by atoms with Gasteiger partial charge in [-0.05, 0) is 50.2 Å². The third kappa shape index (κ3) is 5.25. The molecule has 6 rings (SSSR count). The summed E-state index contributed by atoms with van der Waals surface area (Å²) in [5.41, 5.74) is 4.72. The Kier molecular flexibility index (Phi) is 7.15. The normalized spacial score (nSPS) is 18.6. The highest BCUT2D eigenvalue weighted by Gasteiger charge is 2.40. The van der Waals surface area contributed by atoms with Crippen molar-refractivity contribution in [3.05, 3.63) is 107 Å². The van der Waals surface area contributed by atoms with Crippen molar-refractivity contribution in [3.63, 3.8) is 0 Å². The lowest BCUT2D eigenvalue weighted by atomic mass is 10.1. The molecule has 0 radical (unpaired) electrons. The molecule has 0 spiro atoms. The summed E-state index contributed by atoms with van der Waals surface area (Å²) < 4.78 is 19.9. The molecule has 202 valence electrons. The van der Waals surface area contributed by atoms with Crippen molar-refractivity contribution in [1.82, 2.24) is 14.5 Å².